The largest absolute Gasteiger partial charge is 0.496 e. The van der Waals surface area contributed by atoms with Crippen molar-refractivity contribution in [3.8, 4) is 5.75 Å². The molecule has 0 saturated carbocycles. The van der Waals surface area contributed by atoms with Gasteiger partial charge in [-0.3, -0.25) is 16.0 Å². The number of rotatable bonds is 5. The zero-order valence-corrected chi connectivity index (χ0v) is 12.5. The second-order valence-corrected chi connectivity index (χ2v) is 5.07. The molecule has 1 aromatic heterocycles. The van der Waals surface area contributed by atoms with E-state index in [0.717, 1.165) is 34.7 Å². The van der Waals surface area contributed by atoms with Crippen LogP contribution in [-0.4, -0.2) is 16.9 Å². The molecule has 0 spiro atoms. The molecular formula is C15H22N4O. The van der Waals surface area contributed by atoms with Gasteiger partial charge in [-0.05, 0) is 31.5 Å². The Morgan fingerprint density at radius 3 is 2.65 bits per heavy atom. The van der Waals surface area contributed by atoms with Gasteiger partial charge < -0.3 is 4.74 Å². The molecule has 1 unspecified atom stereocenters. The Morgan fingerprint density at radius 1 is 1.35 bits per heavy atom. The molecule has 1 atom stereocenters. The molecule has 1 heterocycles. The monoisotopic (exact) mass is 274 g/mol. The fourth-order valence-corrected chi connectivity index (χ4v) is 2.43. The van der Waals surface area contributed by atoms with E-state index in [0.29, 0.717) is 0 Å². The number of hydrazine groups is 1. The Hall–Kier alpha value is -1.85. The van der Waals surface area contributed by atoms with E-state index in [2.05, 4.69) is 28.7 Å². The highest BCUT2D eigenvalue weighted by Gasteiger charge is 2.17. The smallest absolute Gasteiger partial charge is 0.123 e. The van der Waals surface area contributed by atoms with E-state index in [4.69, 9.17) is 10.6 Å². The molecule has 0 aliphatic carbocycles. The van der Waals surface area contributed by atoms with Gasteiger partial charge in [0.1, 0.15) is 5.75 Å². The van der Waals surface area contributed by atoms with Crippen LogP contribution in [0, 0.1) is 13.8 Å². The van der Waals surface area contributed by atoms with E-state index in [1.165, 1.54) is 0 Å². The van der Waals surface area contributed by atoms with Crippen molar-refractivity contribution in [2.45, 2.75) is 26.3 Å². The van der Waals surface area contributed by atoms with Crippen LogP contribution in [-0.2, 0) is 13.5 Å². The van der Waals surface area contributed by atoms with Crippen LogP contribution in [0.3, 0.4) is 0 Å². The minimum atomic E-state index is -0.0136. The molecule has 0 saturated heterocycles. The summed E-state index contributed by atoms with van der Waals surface area (Å²) in [7, 11) is 3.63. The lowest BCUT2D eigenvalue weighted by atomic mass is 10.00. The Balaban J connectivity index is 2.30. The van der Waals surface area contributed by atoms with Gasteiger partial charge in [0.25, 0.3) is 0 Å². The number of ether oxygens (including phenoxy) is 1. The first kappa shape index (κ1) is 14.6. The lowest BCUT2D eigenvalue weighted by Crippen LogP contribution is -2.30. The van der Waals surface area contributed by atoms with Gasteiger partial charge in [0.05, 0.1) is 18.8 Å². The van der Waals surface area contributed by atoms with E-state index in [-0.39, 0.29) is 6.04 Å². The van der Waals surface area contributed by atoms with Crippen molar-refractivity contribution < 1.29 is 4.74 Å². The van der Waals surface area contributed by atoms with E-state index >= 15 is 0 Å². The number of hydrogen-bond acceptors (Lipinski definition) is 4. The van der Waals surface area contributed by atoms with E-state index < -0.39 is 0 Å². The molecule has 0 aliphatic rings. The number of benzene rings is 1. The van der Waals surface area contributed by atoms with Gasteiger partial charge in [0.2, 0.25) is 0 Å². The first-order valence-corrected chi connectivity index (χ1v) is 6.65. The normalized spacial score (nSPS) is 12.4. The van der Waals surface area contributed by atoms with Gasteiger partial charge >= 0.3 is 0 Å². The average molecular weight is 274 g/mol. The lowest BCUT2D eigenvalue weighted by molar-refractivity contribution is 0.397. The minimum Gasteiger partial charge on any atom is -0.496 e. The molecule has 0 amide bonds. The van der Waals surface area contributed by atoms with E-state index in [1.807, 2.05) is 31.6 Å². The van der Waals surface area contributed by atoms with Crippen LogP contribution in [0.1, 0.15) is 28.6 Å². The molecule has 5 heteroatoms. The van der Waals surface area contributed by atoms with Crippen molar-refractivity contribution in [1.29, 1.82) is 0 Å². The average Bonchev–Trinajstić information content (AvgIpc) is 2.74. The third-order valence-electron chi connectivity index (χ3n) is 3.48. The van der Waals surface area contributed by atoms with Crippen LogP contribution < -0.4 is 16.0 Å². The van der Waals surface area contributed by atoms with Gasteiger partial charge in [-0.2, -0.15) is 5.10 Å². The summed E-state index contributed by atoms with van der Waals surface area (Å²) in [6, 6.07) is 8.21. The summed E-state index contributed by atoms with van der Waals surface area (Å²) in [6.07, 6.45) is 0.757. The fraction of sp³-hybridized carbons (Fsp3) is 0.400. The maximum Gasteiger partial charge on any atom is 0.123 e. The second kappa shape index (κ2) is 6.07. The number of methoxy groups -OCH3 is 1. The van der Waals surface area contributed by atoms with Crippen molar-refractivity contribution in [3.05, 3.63) is 46.8 Å². The molecule has 0 radical (unpaired) electrons. The van der Waals surface area contributed by atoms with Crippen molar-refractivity contribution in [3.63, 3.8) is 0 Å². The Bertz CT molecular complexity index is 592. The van der Waals surface area contributed by atoms with Crippen LogP contribution in [0.4, 0.5) is 0 Å². The Labute approximate surface area is 119 Å². The lowest BCUT2D eigenvalue weighted by Gasteiger charge is -2.19. The molecule has 0 bridgehead atoms. The predicted octanol–water partition coefficient (Wildman–Crippen LogP) is 1.79. The zero-order valence-electron chi connectivity index (χ0n) is 12.5. The summed E-state index contributed by atoms with van der Waals surface area (Å²) in [5, 5.41) is 4.37. The maximum atomic E-state index is 5.74. The SMILES string of the molecule is COc1cc(C)ccc1C(Cc1cc(C)nn1C)NN. The van der Waals surface area contributed by atoms with Crippen molar-refractivity contribution >= 4 is 0 Å². The standard InChI is InChI=1S/C15H22N4O/c1-10-5-6-13(15(7-10)20-4)14(17-16)9-12-8-11(2)18-19(12)3/h5-8,14,17H,9,16H2,1-4H3. The highest BCUT2D eigenvalue weighted by atomic mass is 16.5. The van der Waals surface area contributed by atoms with Crippen LogP contribution in [0.2, 0.25) is 0 Å². The summed E-state index contributed by atoms with van der Waals surface area (Å²) in [5.74, 6) is 6.59. The van der Waals surface area contributed by atoms with Crippen molar-refractivity contribution in [2.24, 2.45) is 12.9 Å². The molecule has 0 fully saturated rings. The van der Waals surface area contributed by atoms with Crippen molar-refractivity contribution in [2.75, 3.05) is 7.11 Å². The van der Waals surface area contributed by atoms with Crippen LogP contribution in [0.15, 0.2) is 24.3 Å². The quantitative estimate of drug-likeness (QED) is 0.644. The topological polar surface area (TPSA) is 65.1 Å². The van der Waals surface area contributed by atoms with Crippen LogP contribution >= 0.6 is 0 Å². The number of aromatic nitrogens is 2. The van der Waals surface area contributed by atoms with Crippen LogP contribution in [0.5, 0.6) is 5.75 Å². The third-order valence-corrected chi connectivity index (χ3v) is 3.48. The van der Waals surface area contributed by atoms with E-state index in [9.17, 15) is 0 Å². The van der Waals surface area contributed by atoms with Crippen LogP contribution in [0.25, 0.3) is 0 Å². The Morgan fingerprint density at radius 2 is 2.10 bits per heavy atom. The summed E-state index contributed by atoms with van der Waals surface area (Å²) >= 11 is 0. The Kier molecular flexibility index (Phi) is 4.42. The molecular weight excluding hydrogens is 252 g/mol. The summed E-state index contributed by atoms with van der Waals surface area (Å²) in [6.45, 7) is 4.03. The highest BCUT2D eigenvalue weighted by molar-refractivity contribution is 5.39. The molecule has 20 heavy (non-hydrogen) atoms. The second-order valence-electron chi connectivity index (χ2n) is 5.07. The molecule has 2 aromatic rings. The first-order valence-electron chi connectivity index (χ1n) is 6.65. The summed E-state index contributed by atoms with van der Waals surface area (Å²) < 4.78 is 7.35. The number of nitrogens with zero attached hydrogens (tertiary/aromatic N) is 2. The number of hydrogen-bond donors (Lipinski definition) is 2. The summed E-state index contributed by atoms with van der Waals surface area (Å²) in [5.41, 5.74) is 7.24. The molecule has 3 N–H and O–H groups in total. The first-order chi connectivity index (χ1) is 9.55. The highest BCUT2D eigenvalue weighted by Crippen LogP contribution is 2.28. The summed E-state index contributed by atoms with van der Waals surface area (Å²) in [4.78, 5) is 0. The fourth-order valence-electron chi connectivity index (χ4n) is 2.43. The predicted molar refractivity (Wildman–Crippen MR) is 79.4 cm³/mol. The van der Waals surface area contributed by atoms with Gasteiger partial charge in [-0.1, -0.05) is 12.1 Å². The molecule has 0 aliphatic heterocycles. The number of nitrogens with one attached hydrogen (secondary N) is 1. The minimum absolute atomic E-state index is 0.0136. The van der Waals surface area contributed by atoms with Crippen molar-refractivity contribution in [1.82, 2.24) is 15.2 Å². The molecule has 1 aromatic carbocycles. The number of aryl methyl sites for hydroxylation is 3. The number of nitrogens with two attached hydrogens (primary N) is 1. The van der Waals surface area contributed by atoms with Gasteiger partial charge in [0.15, 0.2) is 0 Å². The van der Waals surface area contributed by atoms with E-state index in [1.54, 1.807) is 7.11 Å². The van der Waals surface area contributed by atoms with Gasteiger partial charge in [0, 0.05) is 24.7 Å². The molecule has 5 nitrogen and oxygen atoms in total. The van der Waals surface area contributed by atoms with Gasteiger partial charge in [-0.15, -0.1) is 0 Å². The third kappa shape index (κ3) is 3.00. The van der Waals surface area contributed by atoms with Gasteiger partial charge in [-0.25, -0.2) is 0 Å². The zero-order chi connectivity index (χ0) is 14.7. The molecule has 108 valence electrons. The molecule has 2 rings (SSSR count). The maximum absolute atomic E-state index is 5.74.